The lowest BCUT2D eigenvalue weighted by molar-refractivity contribution is 0.0786. The van der Waals surface area contributed by atoms with Gasteiger partial charge in [-0.05, 0) is 92.2 Å². The van der Waals surface area contributed by atoms with Gasteiger partial charge in [0.25, 0.3) is 5.91 Å². The van der Waals surface area contributed by atoms with Crippen LogP contribution in [0.25, 0.3) is 5.69 Å². The lowest BCUT2D eigenvalue weighted by Gasteiger charge is -2.30. The van der Waals surface area contributed by atoms with Crippen molar-refractivity contribution in [1.82, 2.24) is 14.7 Å². The summed E-state index contributed by atoms with van der Waals surface area (Å²) in [6.45, 7) is 4.67. The molecule has 3 aromatic rings. The Hall–Kier alpha value is -2.37. The van der Waals surface area contributed by atoms with Gasteiger partial charge in [-0.15, -0.1) is 0 Å². The van der Waals surface area contributed by atoms with Gasteiger partial charge in [0, 0.05) is 16.5 Å². The van der Waals surface area contributed by atoms with E-state index in [4.69, 9.17) is 28.3 Å². The fourth-order valence-corrected chi connectivity index (χ4v) is 8.77. The predicted molar refractivity (Wildman–Crippen MR) is 148 cm³/mol. The van der Waals surface area contributed by atoms with Gasteiger partial charge < -0.3 is 4.90 Å². The molecule has 0 N–H and O–H groups in total. The van der Waals surface area contributed by atoms with Crippen molar-refractivity contribution >= 4 is 29.1 Å². The second-order valence-electron chi connectivity index (χ2n) is 12.4. The third-order valence-electron chi connectivity index (χ3n) is 10.1. The predicted octanol–water partition coefficient (Wildman–Crippen LogP) is 7.77. The van der Waals surface area contributed by atoms with Gasteiger partial charge in [0.05, 0.1) is 28.0 Å². The number of benzene rings is 2. The van der Waals surface area contributed by atoms with Crippen LogP contribution < -0.4 is 0 Å². The van der Waals surface area contributed by atoms with Crippen molar-refractivity contribution in [2.75, 3.05) is 0 Å². The maximum absolute atomic E-state index is 14.3. The van der Waals surface area contributed by atoms with E-state index in [9.17, 15) is 9.18 Å². The molecule has 1 spiro atoms. The molecule has 198 valence electrons. The van der Waals surface area contributed by atoms with Crippen LogP contribution in [-0.4, -0.2) is 32.2 Å². The SMILES string of the molecule is CC1(C)C2CCC3(C2)[C@@H]1N3C(=O)c1nn(-c2ccc(Cl)cc2Cl)c2c1CCCCC2Cc1ccc(F)cc1. The van der Waals surface area contributed by atoms with E-state index in [1.54, 1.807) is 6.07 Å². The molecule has 7 rings (SSSR count). The van der Waals surface area contributed by atoms with E-state index in [0.717, 1.165) is 67.5 Å². The van der Waals surface area contributed by atoms with Crippen LogP contribution in [-0.2, 0) is 12.8 Å². The Morgan fingerprint density at radius 3 is 2.61 bits per heavy atom. The Morgan fingerprint density at radius 1 is 1.11 bits per heavy atom. The van der Waals surface area contributed by atoms with Gasteiger partial charge in [0.2, 0.25) is 0 Å². The molecule has 1 aromatic heterocycles. The highest BCUT2D eigenvalue weighted by Crippen LogP contribution is 2.72. The molecule has 1 aliphatic heterocycles. The molecule has 38 heavy (non-hydrogen) atoms. The number of halogens is 3. The Balaban J connectivity index is 1.35. The van der Waals surface area contributed by atoms with Gasteiger partial charge >= 0.3 is 0 Å². The third-order valence-corrected chi connectivity index (χ3v) is 10.6. The molecule has 4 atom stereocenters. The van der Waals surface area contributed by atoms with Crippen LogP contribution in [0.3, 0.4) is 0 Å². The van der Waals surface area contributed by atoms with Crippen molar-refractivity contribution in [3.05, 3.63) is 80.8 Å². The fourth-order valence-electron chi connectivity index (χ4n) is 8.28. The average molecular weight is 553 g/mol. The zero-order valence-corrected chi connectivity index (χ0v) is 23.3. The number of aromatic nitrogens is 2. The molecule has 2 saturated carbocycles. The van der Waals surface area contributed by atoms with E-state index in [1.807, 2.05) is 28.9 Å². The van der Waals surface area contributed by atoms with Crippen molar-refractivity contribution in [2.45, 2.75) is 82.7 Å². The minimum atomic E-state index is -0.235. The van der Waals surface area contributed by atoms with Crippen LogP contribution >= 0.6 is 23.2 Å². The van der Waals surface area contributed by atoms with Gasteiger partial charge in [-0.3, -0.25) is 4.79 Å². The highest BCUT2D eigenvalue weighted by molar-refractivity contribution is 6.35. The standard InChI is InChI=1S/C31H32Cl2FN3O/c1-30(2)20-13-14-31(17-20)29(30)36(31)28(38)26-23-6-4-3-5-19(15-18-7-10-22(34)11-8-18)27(23)37(35-26)25-12-9-21(32)16-24(25)33/h7-12,16,19-20,29H,3-6,13-15,17H2,1-2H3/t19?,20?,29-,31?,36?/m1/s1. The summed E-state index contributed by atoms with van der Waals surface area (Å²) in [6, 6.07) is 12.5. The second-order valence-corrected chi connectivity index (χ2v) is 13.3. The highest BCUT2D eigenvalue weighted by Gasteiger charge is 2.79. The van der Waals surface area contributed by atoms with Crippen LogP contribution in [0.4, 0.5) is 4.39 Å². The molecule has 2 heterocycles. The summed E-state index contributed by atoms with van der Waals surface area (Å²) in [4.78, 5) is 16.5. The molecule has 2 bridgehead atoms. The van der Waals surface area contributed by atoms with Gasteiger partial charge in [-0.2, -0.15) is 5.10 Å². The molecule has 0 radical (unpaired) electrons. The Morgan fingerprint density at radius 2 is 1.89 bits per heavy atom. The number of hydrogen-bond acceptors (Lipinski definition) is 2. The van der Waals surface area contributed by atoms with Crippen LogP contribution in [0.1, 0.15) is 85.6 Å². The van der Waals surface area contributed by atoms with Gasteiger partial charge in [-0.25, -0.2) is 9.07 Å². The lowest BCUT2D eigenvalue weighted by atomic mass is 9.76. The normalized spacial score (nSPS) is 28.7. The first-order valence-corrected chi connectivity index (χ1v) is 14.6. The Bertz CT molecular complexity index is 1450. The van der Waals surface area contributed by atoms with Crippen LogP contribution in [0.15, 0.2) is 42.5 Å². The first-order chi connectivity index (χ1) is 18.2. The zero-order chi connectivity index (χ0) is 26.4. The number of rotatable bonds is 4. The van der Waals surface area contributed by atoms with E-state index < -0.39 is 0 Å². The molecule has 4 aliphatic rings. The van der Waals surface area contributed by atoms with Crippen LogP contribution in [0, 0.1) is 17.2 Å². The number of likely N-dealkylation sites (tertiary alicyclic amines) is 1. The maximum Gasteiger partial charge on any atom is 0.275 e. The number of carbonyl (C=O) groups is 1. The van der Waals surface area contributed by atoms with Crippen LogP contribution in [0.2, 0.25) is 10.0 Å². The maximum atomic E-state index is 14.3. The van der Waals surface area contributed by atoms with E-state index in [2.05, 4.69) is 18.7 Å². The van der Waals surface area contributed by atoms with E-state index in [0.29, 0.717) is 27.7 Å². The molecule has 1 saturated heterocycles. The number of piperidine rings is 1. The molecular weight excluding hydrogens is 520 g/mol. The molecular formula is C31H32Cl2FN3O. The number of carbonyl (C=O) groups excluding carboxylic acids is 1. The Kier molecular flexibility index (Phi) is 5.56. The first kappa shape index (κ1) is 24.7. The number of fused-ring (bicyclic) bond motifs is 2. The minimum Gasteiger partial charge on any atom is -0.324 e. The summed E-state index contributed by atoms with van der Waals surface area (Å²) in [5, 5.41) is 6.12. The molecule has 1 amide bonds. The molecule has 4 nitrogen and oxygen atoms in total. The monoisotopic (exact) mass is 551 g/mol. The molecule has 3 fully saturated rings. The topological polar surface area (TPSA) is 37.9 Å². The van der Waals surface area contributed by atoms with E-state index in [-0.39, 0.29) is 28.6 Å². The quantitative estimate of drug-likeness (QED) is 0.245. The smallest absolute Gasteiger partial charge is 0.275 e. The molecule has 3 aliphatic carbocycles. The minimum absolute atomic E-state index is 0.0259. The highest BCUT2D eigenvalue weighted by atomic mass is 35.5. The molecule has 7 heteroatoms. The summed E-state index contributed by atoms with van der Waals surface area (Å²) < 4.78 is 15.6. The first-order valence-electron chi connectivity index (χ1n) is 13.9. The van der Waals surface area contributed by atoms with E-state index in [1.165, 1.54) is 18.6 Å². The zero-order valence-electron chi connectivity index (χ0n) is 21.8. The van der Waals surface area contributed by atoms with Gasteiger partial charge in [0.15, 0.2) is 5.69 Å². The Labute approximate surface area is 233 Å². The second kappa shape index (κ2) is 8.56. The summed E-state index contributed by atoms with van der Waals surface area (Å²) in [5.74, 6) is 0.685. The van der Waals surface area contributed by atoms with Crippen molar-refractivity contribution in [3.8, 4) is 5.69 Å². The van der Waals surface area contributed by atoms with Gasteiger partial charge in [0.1, 0.15) is 5.82 Å². The summed E-state index contributed by atoms with van der Waals surface area (Å²) in [7, 11) is 0. The third kappa shape index (κ3) is 3.54. The summed E-state index contributed by atoms with van der Waals surface area (Å²) in [5.41, 5.74) is 4.69. The molecule has 2 aromatic carbocycles. The number of amides is 1. The van der Waals surface area contributed by atoms with Crippen molar-refractivity contribution < 1.29 is 9.18 Å². The van der Waals surface area contributed by atoms with Gasteiger partial charge in [-0.1, -0.05) is 55.6 Å². The van der Waals surface area contributed by atoms with Crippen molar-refractivity contribution in [1.29, 1.82) is 0 Å². The fraction of sp³-hybridized carbons (Fsp3) is 0.484. The number of hydrogen-bond donors (Lipinski definition) is 0. The van der Waals surface area contributed by atoms with E-state index >= 15 is 0 Å². The van der Waals surface area contributed by atoms with Crippen molar-refractivity contribution in [3.63, 3.8) is 0 Å². The van der Waals surface area contributed by atoms with Crippen LogP contribution in [0.5, 0.6) is 0 Å². The molecule has 3 unspecified atom stereocenters. The van der Waals surface area contributed by atoms with Crippen molar-refractivity contribution in [2.24, 2.45) is 11.3 Å². The number of nitrogens with zero attached hydrogens (tertiary/aromatic N) is 3. The summed E-state index contributed by atoms with van der Waals surface area (Å²) in [6.07, 6.45) is 8.05. The largest absolute Gasteiger partial charge is 0.324 e. The lowest BCUT2D eigenvalue weighted by Crippen LogP contribution is -2.31. The average Bonchev–Trinajstić information content (AvgIpc) is 3.08. The summed E-state index contributed by atoms with van der Waals surface area (Å²) >= 11 is 13.0.